The number of aromatic nitrogens is 2. The lowest BCUT2D eigenvalue weighted by Crippen LogP contribution is -2.04. The van der Waals surface area contributed by atoms with E-state index in [4.69, 9.17) is 5.73 Å². The topological polar surface area (TPSA) is 51.8 Å². The first-order valence-electron chi connectivity index (χ1n) is 4.73. The maximum Gasteiger partial charge on any atom is 0.416 e. The van der Waals surface area contributed by atoms with E-state index in [1.807, 2.05) is 0 Å². The second-order valence-corrected chi connectivity index (χ2v) is 3.41. The van der Waals surface area contributed by atoms with Gasteiger partial charge in [0.2, 0.25) is 0 Å². The van der Waals surface area contributed by atoms with E-state index in [-0.39, 0.29) is 0 Å². The summed E-state index contributed by atoms with van der Waals surface area (Å²) >= 11 is 0. The molecule has 1 aromatic carbocycles. The van der Waals surface area contributed by atoms with E-state index in [0.29, 0.717) is 16.9 Å². The van der Waals surface area contributed by atoms with Crippen LogP contribution in [-0.4, -0.2) is 10.2 Å². The zero-order chi connectivity index (χ0) is 12.5. The van der Waals surface area contributed by atoms with Gasteiger partial charge in [-0.1, -0.05) is 12.1 Å². The van der Waals surface area contributed by atoms with Crippen molar-refractivity contribution in [2.75, 3.05) is 5.73 Å². The Hall–Kier alpha value is -2.11. The Balaban J connectivity index is 2.40. The van der Waals surface area contributed by atoms with Crippen LogP contribution in [0.15, 0.2) is 36.5 Å². The summed E-state index contributed by atoms with van der Waals surface area (Å²) in [6, 6.07) is 6.17. The molecule has 2 N–H and O–H groups in total. The van der Waals surface area contributed by atoms with E-state index < -0.39 is 11.7 Å². The summed E-state index contributed by atoms with van der Waals surface area (Å²) in [5.41, 5.74) is 6.20. The number of nitrogens with two attached hydrogens (primary N) is 1. The molecule has 1 aromatic heterocycles. The van der Waals surface area contributed by atoms with Crippen molar-refractivity contribution in [1.82, 2.24) is 10.2 Å². The molecule has 0 bridgehead atoms. The Morgan fingerprint density at radius 3 is 2.18 bits per heavy atom. The largest absolute Gasteiger partial charge is 0.416 e. The number of anilines is 1. The second-order valence-electron chi connectivity index (χ2n) is 3.41. The van der Waals surface area contributed by atoms with E-state index in [2.05, 4.69) is 10.2 Å². The zero-order valence-corrected chi connectivity index (χ0v) is 8.57. The molecule has 2 aromatic rings. The fourth-order valence-electron chi connectivity index (χ4n) is 1.38. The summed E-state index contributed by atoms with van der Waals surface area (Å²) in [6.45, 7) is 0. The van der Waals surface area contributed by atoms with Crippen molar-refractivity contribution in [2.45, 2.75) is 6.18 Å². The molecule has 0 saturated heterocycles. The fraction of sp³-hybridized carbons (Fsp3) is 0.0909. The first-order chi connectivity index (χ1) is 7.98. The third kappa shape index (κ3) is 2.35. The number of hydrogen-bond acceptors (Lipinski definition) is 3. The number of rotatable bonds is 1. The molecule has 0 amide bonds. The number of alkyl halides is 3. The molecular weight excluding hydrogens is 231 g/mol. The van der Waals surface area contributed by atoms with Crippen LogP contribution >= 0.6 is 0 Å². The summed E-state index contributed by atoms with van der Waals surface area (Å²) in [4.78, 5) is 0. The highest BCUT2D eigenvalue weighted by Gasteiger charge is 2.30. The number of nitrogen functional groups attached to an aromatic ring is 1. The highest BCUT2D eigenvalue weighted by atomic mass is 19.4. The van der Waals surface area contributed by atoms with Gasteiger partial charge in [0.15, 0.2) is 0 Å². The SMILES string of the molecule is Nc1ccnnc1-c1ccc(C(F)(F)F)cc1. The van der Waals surface area contributed by atoms with Crippen molar-refractivity contribution < 1.29 is 13.2 Å². The van der Waals surface area contributed by atoms with Gasteiger partial charge < -0.3 is 5.73 Å². The van der Waals surface area contributed by atoms with Crippen LogP contribution in [-0.2, 0) is 6.18 Å². The van der Waals surface area contributed by atoms with Crippen LogP contribution in [0.5, 0.6) is 0 Å². The van der Waals surface area contributed by atoms with E-state index >= 15 is 0 Å². The highest BCUT2D eigenvalue weighted by Crippen LogP contribution is 2.31. The summed E-state index contributed by atoms with van der Waals surface area (Å²) in [5, 5.41) is 7.42. The molecule has 2 rings (SSSR count). The van der Waals surface area contributed by atoms with E-state index in [0.717, 1.165) is 12.1 Å². The molecule has 0 fully saturated rings. The molecule has 0 atom stereocenters. The Morgan fingerprint density at radius 2 is 1.65 bits per heavy atom. The van der Waals surface area contributed by atoms with Crippen molar-refractivity contribution in [1.29, 1.82) is 0 Å². The monoisotopic (exact) mass is 239 g/mol. The van der Waals surface area contributed by atoms with Crippen molar-refractivity contribution in [3.05, 3.63) is 42.1 Å². The molecule has 1 heterocycles. The molecule has 0 spiro atoms. The van der Waals surface area contributed by atoms with Gasteiger partial charge in [-0.15, -0.1) is 5.10 Å². The summed E-state index contributed by atoms with van der Waals surface area (Å²) in [6.07, 6.45) is -2.92. The molecule has 3 nitrogen and oxygen atoms in total. The molecule has 0 radical (unpaired) electrons. The Morgan fingerprint density at radius 1 is 1.00 bits per heavy atom. The number of halogens is 3. The predicted molar refractivity (Wildman–Crippen MR) is 56.9 cm³/mol. The quantitative estimate of drug-likeness (QED) is 0.832. The maximum absolute atomic E-state index is 12.3. The number of nitrogens with zero attached hydrogens (tertiary/aromatic N) is 2. The lowest BCUT2D eigenvalue weighted by atomic mass is 10.1. The predicted octanol–water partition coefficient (Wildman–Crippen LogP) is 2.74. The van der Waals surface area contributed by atoms with Gasteiger partial charge in [0.25, 0.3) is 0 Å². The van der Waals surface area contributed by atoms with Crippen LogP contribution in [0.4, 0.5) is 18.9 Å². The molecule has 17 heavy (non-hydrogen) atoms. The number of benzene rings is 1. The number of hydrogen-bond donors (Lipinski definition) is 1. The van der Waals surface area contributed by atoms with Gasteiger partial charge in [0, 0.05) is 5.56 Å². The van der Waals surface area contributed by atoms with Crippen molar-refractivity contribution in [3.8, 4) is 11.3 Å². The lowest BCUT2D eigenvalue weighted by Gasteiger charge is -2.07. The van der Waals surface area contributed by atoms with Gasteiger partial charge in [0.1, 0.15) is 5.69 Å². The molecule has 0 unspecified atom stereocenters. The summed E-state index contributed by atoms with van der Waals surface area (Å²) in [7, 11) is 0. The van der Waals surface area contributed by atoms with Crippen LogP contribution in [0.25, 0.3) is 11.3 Å². The van der Waals surface area contributed by atoms with Crippen LogP contribution < -0.4 is 5.73 Å². The fourth-order valence-corrected chi connectivity index (χ4v) is 1.38. The average molecular weight is 239 g/mol. The van der Waals surface area contributed by atoms with Gasteiger partial charge in [-0.2, -0.15) is 18.3 Å². The first kappa shape index (κ1) is 11.4. The van der Waals surface area contributed by atoms with Crippen molar-refractivity contribution >= 4 is 5.69 Å². The Bertz CT molecular complexity index is 520. The first-order valence-corrected chi connectivity index (χ1v) is 4.73. The smallest absolute Gasteiger partial charge is 0.397 e. The minimum atomic E-state index is -4.34. The van der Waals surface area contributed by atoms with Crippen LogP contribution in [0.1, 0.15) is 5.56 Å². The molecule has 0 aliphatic carbocycles. The second kappa shape index (κ2) is 4.04. The van der Waals surface area contributed by atoms with E-state index in [1.54, 1.807) is 6.07 Å². The van der Waals surface area contributed by atoms with Gasteiger partial charge in [-0.3, -0.25) is 0 Å². The lowest BCUT2D eigenvalue weighted by molar-refractivity contribution is -0.137. The van der Waals surface area contributed by atoms with Crippen LogP contribution in [0, 0.1) is 0 Å². The standard InChI is InChI=1S/C11H8F3N3/c12-11(13,14)8-3-1-7(2-4-8)10-9(15)5-6-16-17-10/h1-6H,(H2,15,16). The van der Waals surface area contributed by atoms with Crippen molar-refractivity contribution in [3.63, 3.8) is 0 Å². The van der Waals surface area contributed by atoms with Crippen LogP contribution in [0.3, 0.4) is 0 Å². The highest BCUT2D eigenvalue weighted by molar-refractivity contribution is 5.71. The molecule has 0 aliphatic rings. The minimum Gasteiger partial charge on any atom is -0.397 e. The normalized spacial score (nSPS) is 11.5. The molecule has 0 aliphatic heterocycles. The summed E-state index contributed by atoms with van der Waals surface area (Å²) < 4.78 is 37.0. The maximum atomic E-state index is 12.3. The van der Waals surface area contributed by atoms with Crippen LogP contribution in [0.2, 0.25) is 0 Å². The Kier molecular flexibility index (Phi) is 2.71. The molecule has 6 heteroatoms. The van der Waals surface area contributed by atoms with E-state index in [1.165, 1.54) is 18.3 Å². The van der Waals surface area contributed by atoms with Gasteiger partial charge in [-0.25, -0.2) is 0 Å². The van der Waals surface area contributed by atoms with Gasteiger partial charge in [-0.05, 0) is 18.2 Å². The molecular formula is C11H8F3N3. The average Bonchev–Trinajstić information content (AvgIpc) is 2.29. The third-order valence-electron chi connectivity index (χ3n) is 2.24. The van der Waals surface area contributed by atoms with Gasteiger partial charge >= 0.3 is 6.18 Å². The zero-order valence-electron chi connectivity index (χ0n) is 8.57. The summed E-state index contributed by atoms with van der Waals surface area (Å²) in [5.74, 6) is 0. The minimum absolute atomic E-state index is 0.375. The van der Waals surface area contributed by atoms with Gasteiger partial charge in [0.05, 0.1) is 17.4 Å². The third-order valence-corrected chi connectivity index (χ3v) is 2.24. The molecule has 0 saturated carbocycles. The van der Waals surface area contributed by atoms with E-state index in [9.17, 15) is 13.2 Å². The van der Waals surface area contributed by atoms with Crippen molar-refractivity contribution in [2.24, 2.45) is 0 Å². The molecule has 88 valence electrons. The Labute approximate surface area is 95.1 Å².